The molecular formula is C25H35N3O9S2. The van der Waals surface area contributed by atoms with Crippen LogP contribution in [-0.4, -0.2) is 76.3 Å². The molecule has 1 fully saturated rings. The van der Waals surface area contributed by atoms with E-state index in [1.165, 1.54) is 24.3 Å². The topological polar surface area (TPSA) is 175 Å². The summed E-state index contributed by atoms with van der Waals surface area (Å²) < 4.78 is 77.4. The lowest BCUT2D eigenvalue weighted by atomic mass is 10.0. The smallest absolute Gasteiger partial charge is 0.407 e. The molecule has 3 rings (SSSR count). The number of benzene rings is 2. The second kappa shape index (κ2) is 13.5. The summed E-state index contributed by atoms with van der Waals surface area (Å²) in [5, 5.41) is 2.62. The molecule has 2 aromatic carbocycles. The zero-order chi connectivity index (χ0) is 28.6. The highest BCUT2D eigenvalue weighted by molar-refractivity contribution is 7.89. The first kappa shape index (κ1) is 30.8. The van der Waals surface area contributed by atoms with E-state index in [1.54, 1.807) is 44.2 Å². The number of sulfonamides is 1. The number of carbonyl (C=O) groups is 1. The molecule has 0 bridgehead atoms. The van der Waals surface area contributed by atoms with Gasteiger partial charge in [0.05, 0.1) is 24.2 Å². The van der Waals surface area contributed by atoms with Crippen molar-refractivity contribution in [2.75, 3.05) is 32.0 Å². The Hall–Kier alpha value is -2.75. The highest BCUT2D eigenvalue weighted by Crippen LogP contribution is 2.22. The minimum absolute atomic E-state index is 0.0000374. The van der Waals surface area contributed by atoms with Crippen LogP contribution in [0.5, 0.6) is 0 Å². The third kappa shape index (κ3) is 9.74. The van der Waals surface area contributed by atoms with Crippen molar-refractivity contribution in [3.05, 3.63) is 60.2 Å². The van der Waals surface area contributed by atoms with Crippen LogP contribution in [-0.2, 0) is 40.5 Å². The maximum absolute atomic E-state index is 13.6. The van der Waals surface area contributed by atoms with Gasteiger partial charge in [-0.3, -0.25) is 4.55 Å². The summed E-state index contributed by atoms with van der Waals surface area (Å²) in [6, 6.07) is 13.3. The zero-order valence-corrected chi connectivity index (χ0v) is 23.4. The molecule has 14 heteroatoms. The van der Waals surface area contributed by atoms with Gasteiger partial charge >= 0.3 is 16.5 Å². The molecule has 39 heavy (non-hydrogen) atoms. The van der Waals surface area contributed by atoms with Gasteiger partial charge in [0.1, 0.15) is 12.2 Å². The number of hydrogen-bond donors (Lipinski definition) is 3. The van der Waals surface area contributed by atoms with Crippen LogP contribution in [0.1, 0.15) is 25.8 Å². The van der Waals surface area contributed by atoms with Gasteiger partial charge < -0.3 is 20.5 Å². The molecule has 12 nitrogen and oxygen atoms in total. The first-order valence-corrected chi connectivity index (χ1v) is 15.2. The van der Waals surface area contributed by atoms with E-state index >= 15 is 0 Å². The molecule has 0 unspecified atom stereocenters. The van der Waals surface area contributed by atoms with Gasteiger partial charge in [0.15, 0.2) is 0 Å². The number of ether oxygens (including phenoxy) is 2. The quantitative estimate of drug-likeness (QED) is 0.234. The number of nitrogens with zero attached hydrogens (tertiary/aromatic N) is 1. The summed E-state index contributed by atoms with van der Waals surface area (Å²) >= 11 is 0. The van der Waals surface area contributed by atoms with Gasteiger partial charge in [0.25, 0.3) is 0 Å². The van der Waals surface area contributed by atoms with Gasteiger partial charge in [-0.1, -0.05) is 44.2 Å². The zero-order valence-electron chi connectivity index (χ0n) is 21.8. The second-order valence-corrected chi connectivity index (χ2v) is 12.7. The van der Waals surface area contributed by atoms with E-state index < -0.39 is 51.3 Å². The van der Waals surface area contributed by atoms with Crippen LogP contribution >= 0.6 is 0 Å². The number of nitrogen functional groups attached to an aromatic ring is 1. The average molecular weight is 586 g/mol. The number of amides is 1. The molecule has 1 saturated heterocycles. The molecule has 216 valence electrons. The molecule has 1 amide bonds. The first-order valence-electron chi connectivity index (χ1n) is 12.4. The number of hydrogen-bond acceptors (Lipinski definition) is 9. The molecule has 1 heterocycles. The van der Waals surface area contributed by atoms with Gasteiger partial charge in [-0.25, -0.2) is 17.4 Å². The Morgan fingerprint density at radius 1 is 1.10 bits per heavy atom. The lowest BCUT2D eigenvalue weighted by Crippen LogP contribution is -2.53. The highest BCUT2D eigenvalue weighted by atomic mass is 32.3. The van der Waals surface area contributed by atoms with Crippen LogP contribution in [0, 0.1) is 5.92 Å². The van der Waals surface area contributed by atoms with Crippen LogP contribution in [0.3, 0.4) is 0 Å². The van der Waals surface area contributed by atoms with E-state index in [2.05, 4.69) is 5.32 Å². The van der Waals surface area contributed by atoms with Crippen molar-refractivity contribution in [1.29, 1.82) is 0 Å². The van der Waals surface area contributed by atoms with Crippen LogP contribution in [0.15, 0.2) is 59.5 Å². The lowest BCUT2D eigenvalue weighted by molar-refractivity contribution is 0.0683. The molecular weight excluding hydrogens is 550 g/mol. The van der Waals surface area contributed by atoms with E-state index in [4.69, 9.17) is 19.4 Å². The molecule has 4 N–H and O–H groups in total. The van der Waals surface area contributed by atoms with Crippen molar-refractivity contribution in [3.8, 4) is 0 Å². The molecule has 2 aromatic rings. The second-order valence-electron chi connectivity index (χ2n) is 9.68. The van der Waals surface area contributed by atoms with E-state index in [1.807, 2.05) is 0 Å². The van der Waals surface area contributed by atoms with Crippen molar-refractivity contribution in [3.63, 3.8) is 0 Å². The number of nitrogens with two attached hydrogens (primary N) is 1. The van der Waals surface area contributed by atoms with Crippen molar-refractivity contribution < 1.29 is 39.8 Å². The van der Waals surface area contributed by atoms with Gasteiger partial charge in [-0.05, 0) is 42.2 Å². The Morgan fingerprint density at radius 2 is 1.77 bits per heavy atom. The largest absolute Gasteiger partial charge is 0.444 e. The fraction of sp³-hybridized carbons (Fsp3) is 0.480. The normalized spacial score (nSPS) is 17.7. The van der Waals surface area contributed by atoms with Crippen molar-refractivity contribution in [1.82, 2.24) is 9.62 Å². The first-order chi connectivity index (χ1) is 18.3. The summed E-state index contributed by atoms with van der Waals surface area (Å²) in [7, 11) is -9.21. The van der Waals surface area contributed by atoms with Gasteiger partial charge in [0, 0.05) is 25.2 Å². The maximum Gasteiger partial charge on any atom is 0.407 e. The summed E-state index contributed by atoms with van der Waals surface area (Å²) in [6.45, 7) is 3.75. The van der Waals surface area contributed by atoms with E-state index in [0.717, 1.165) is 4.31 Å². The third-order valence-corrected chi connectivity index (χ3v) is 8.26. The van der Waals surface area contributed by atoms with Crippen molar-refractivity contribution in [2.45, 2.75) is 49.8 Å². The van der Waals surface area contributed by atoms with E-state index in [0.29, 0.717) is 24.3 Å². The monoisotopic (exact) mass is 585 g/mol. The van der Waals surface area contributed by atoms with Gasteiger partial charge in [-0.2, -0.15) is 12.7 Å². The minimum atomic E-state index is -5.06. The Bertz CT molecular complexity index is 1280. The Kier molecular flexibility index (Phi) is 10.7. The minimum Gasteiger partial charge on any atom is -0.444 e. The molecule has 1 aliphatic heterocycles. The molecule has 1 aliphatic rings. The summed E-state index contributed by atoms with van der Waals surface area (Å²) in [6.07, 6.45) is -2.30. The number of anilines is 1. The number of rotatable bonds is 13. The molecule has 0 saturated carbocycles. The Morgan fingerprint density at radius 3 is 2.33 bits per heavy atom. The molecule has 3 atom stereocenters. The molecule has 0 aromatic heterocycles. The number of nitrogens with one attached hydrogen (secondary N) is 1. The molecule has 0 radical (unpaired) electrons. The van der Waals surface area contributed by atoms with Crippen LogP contribution in [0.2, 0.25) is 0 Å². The van der Waals surface area contributed by atoms with E-state index in [-0.39, 0.29) is 30.4 Å². The average Bonchev–Trinajstić information content (AvgIpc) is 3.35. The van der Waals surface area contributed by atoms with Crippen molar-refractivity contribution >= 4 is 32.2 Å². The third-order valence-electron chi connectivity index (χ3n) is 5.93. The van der Waals surface area contributed by atoms with Crippen molar-refractivity contribution in [2.24, 2.45) is 5.92 Å². The molecule has 0 spiro atoms. The highest BCUT2D eigenvalue weighted by Gasteiger charge is 2.36. The lowest BCUT2D eigenvalue weighted by Gasteiger charge is -2.32. The van der Waals surface area contributed by atoms with Crippen LogP contribution in [0.25, 0.3) is 0 Å². The van der Waals surface area contributed by atoms with Gasteiger partial charge in [-0.15, -0.1) is 0 Å². The SMILES string of the molecule is CC(C)CN(C[C@@H](OS(=O)(=O)O)[C@H](Cc1ccccc1)NC(=O)O[C@H]1CCOC1)S(=O)(=O)c1ccc(N)cc1. The Labute approximate surface area is 229 Å². The fourth-order valence-corrected chi connectivity index (χ4v) is 6.26. The predicted molar refractivity (Wildman–Crippen MR) is 144 cm³/mol. The van der Waals surface area contributed by atoms with E-state index in [9.17, 15) is 26.2 Å². The summed E-state index contributed by atoms with van der Waals surface area (Å²) in [5.41, 5.74) is 6.78. The number of alkyl carbamates (subject to hydrolysis) is 1. The standard InChI is InChI=1S/C25H35N3O9S2/c1-18(2)15-28(38(30,31)22-10-8-20(26)9-11-22)16-24(37-39(32,33)34)23(14-19-6-4-3-5-7-19)27-25(29)36-21-12-13-35-17-21/h3-11,18,21,23-24H,12-17,26H2,1-2H3,(H,27,29)(H,32,33,34)/t21-,23-,24+/m0/s1. The summed E-state index contributed by atoms with van der Waals surface area (Å²) in [5.74, 6) is -0.159. The summed E-state index contributed by atoms with van der Waals surface area (Å²) in [4.78, 5) is 12.7. The molecule has 0 aliphatic carbocycles. The van der Waals surface area contributed by atoms with Crippen LogP contribution in [0.4, 0.5) is 10.5 Å². The Balaban J connectivity index is 1.97. The maximum atomic E-state index is 13.6. The fourth-order valence-electron chi connectivity index (χ4n) is 4.13. The van der Waals surface area contributed by atoms with Gasteiger partial charge in [0.2, 0.25) is 10.0 Å². The predicted octanol–water partition coefficient (Wildman–Crippen LogP) is 2.23. The van der Waals surface area contributed by atoms with Crippen LogP contribution < -0.4 is 11.1 Å². The number of carbonyl (C=O) groups excluding carboxylic acids is 1.